The summed E-state index contributed by atoms with van der Waals surface area (Å²) in [6.07, 6.45) is 7.82. The molecule has 2 aromatic rings. The van der Waals surface area contributed by atoms with Crippen LogP contribution in [-0.4, -0.2) is 29.3 Å². The molecule has 1 N–H and O–H groups in total. The molecule has 1 aromatic heterocycles. The van der Waals surface area contributed by atoms with E-state index in [4.69, 9.17) is 0 Å². The Kier molecular flexibility index (Phi) is 4.23. The Morgan fingerprint density at radius 3 is 2.82 bits per heavy atom. The third kappa shape index (κ3) is 2.53. The van der Waals surface area contributed by atoms with Gasteiger partial charge in [0.1, 0.15) is 0 Å². The van der Waals surface area contributed by atoms with E-state index in [1.807, 2.05) is 0 Å². The van der Waals surface area contributed by atoms with E-state index in [-0.39, 0.29) is 5.54 Å². The number of H-pyrrole nitrogens is 1. The average molecular weight is 297 g/mol. The SMILES string of the molecule is CCCC(CC(C)C)(c1c[nH]c2ccccc12)N1C=NCC1. The molecule has 0 saturated heterocycles. The summed E-state index contributed by atoms with van der Waals surface area (Å²) in [5.74, 6) is 0.647. The highest BCUT2D eigenvalue weighted by Gasteiger charge is 2.39. The normalized spacial score (nSPS) is 17.5. The first-order chi connectivity index (χ1) is 10.7. The van der Waals surface area contributed by atoms with Crippen molar-refractivity contribution in [3.63, 3.8) is 0 Å². The molecular weight excluding hydrogens is 270 g/mol. The highest BCUT2D eigenvalue weighted by atomic mass is 15.3. The molecule has 0 fully saturated rings. The maximum atomic E-state index is 4.50. The van der Waals surface area contributed by atoms with Gasteiger partial charge in [-0.05, 0) is 24.8 Å². The van der Waals surface area contributed by atoms with Gasteiger partial charge in [0, 0.05) is 29.2 Å². The quantitative estimate of drug-likeness (QED) is 0.833. The van der Waals surface area contributed by atoms with E-state index in [9.17, 15) is 0 Å². The standard InChI is InChI=1S/C19H27N3/c1-4-9-19(12-15(2)3,22-11-10-20-14-22)17-13-21-18-8-6-5-7-16(17)18/h5-8,13-15,21H,4,9-12H2,1-3H3. The van der Waals surface area contributed by atoms with E-state index in [0.717, 1.165) is 19.5 Å². The number of fused-ring (bicyclic) bond motifs is 1. The maximum Gasteiger partial charge on any atom is 0.0858 e. The zero-order valence-corrected chi connectivity index (χ0v) is 14.0. The highest BCUT2D eigenvalue weighted by Crippen LogP contribution is 2.42. The average Bonchev–Trinajstić information content (AvgIpc) is 3.16. The van der Waals surface area contributed by atoms with Gasteiger partial charge >= 0.3 is 0 Å². The first kappa shape index (κ1) is 15.1. The number of aliphatic imine (C=N–C) groups is 1. The van der Waals surface area contributed by atoms with Crippen molar-refractivity contribution in [1.82, 2.24) is 9.88 Å². The van der Waals surface area contributed by atoms with Crippen molar-refractivity contribution in [2.45, 2.75) is 45.6 Å². The summed E-state index contributed by atoms with van der Waals surface area (Å²) in [6.45, 7) is 8.90. The number of hydrogen-bond donors (Lipinski definition) is 1. The molecule has 0 bridgehead atoms. The van der Waals surface area contributed by atoms with Gasteiger partial charge in [-0.25, -0.2) is 0 Å². The predicted molar refractivity (Wildman–Crippen MR) is 94.4 cm³/mol. The van der Waals surface area contributed by atoms with Crippen LogP contribution in [0.2, 0.25) is 0 Å². The van der Waals surface area contributed by atoms with Crippen molar-refractivity contribution in [3.05, 3.63) is 36.0 Å². The van der Waals surface area contributed by atoms with Crippen LogP contribution >= 0.6 is 0 Å². The van der Waals surface area contributed by atoms with Gasteiger partial charge in [0.05, 0.1) is 18.4 Å². The van der Waals surface area contributed by atoms with Gasteiger partial charge < -0.3 is 9.88 Å². The number of para-hydroxylation sites is 1. The Morgan fingerprint density at radius 2 is 2.14 bits per heavy atom. The molecule has 3 heteroatoms. The second-order valence-electron chi connectivity index (χ2n) is 6.84. The summed E-state index contributed by atoms with van der Waals surface area (Å²) in [4.78, 5) is 10.5. The van der Waals surface area contributed by atoms with Crippen LogP contribution in [0.4, 0.5) is 0 Å². The third-order valence-electron chi connectivity index (χ3n) is 4.74. The van der Waals surface area contributed by atoms with Gasteiger partial charge in [0.15, 0.2) is 0 Å². The van der Waals surface area contributed by atoms with Crippen LogP contribution in [0, 0.1) is 5.92 Å². The number of rotatable bonds is 6. The predicted octanol–water partition coefficient (Wildman–Crippen LogP) is 4.55. The lowest BCUT2D eigenvalue weighted by atomic mass is 9.77. The molecule has 22 heavy (non-hydrogen) atoms. The van der Waals surface area contributed by atoms with Crippen LogP contribution in [0.3, 0.4) is 0 Å². The summed E-state index contributed by atoms with van der Waals surface area (Å²) in [5, 5.41) is 1.36. The second-order valence-corrected chi connectivity index (χ2v) is 6.84. The van der Waals surface area contributed by atoms with Crippen molar-refractivity contribution in [2.75, 3.05) is 13.1 Å². The van der Waals surface area contributed by atoms with Crippen molar-refractivity contribution in [2.24, 2.45) is 10.9 Å². The van der Waals surface area contributed by atoms with E-state index in [1.165, 1.54) is 29.3 Å². The summed E-state index contributed by atoms with van der Waals surface area (Å²) in [7, 11) is 0. The Balaban J connectivity index is 2.16. The minimum Gasteiger partial charge on any atom is -0.361 e. The topological polar surface area (TPSA) is 31.4 Å². The Hall–Kier alpha value is -1.77. The molecular formula is C19H27N3. The monoisotopic (exact) mass is 297 g/mol. The van der Waals surface area contributed by atoms with Crippen LogP contribution in [0.15, 0.2) is 35.5 Å². The second kappa shape index (κ2) is 6.15. The highest BCUT2D eigenvalue weighted by molar-refractivity contribution is 5.84. The maximum absolute atomic E-state index is 4.50. The molecule has 3 rings (SSSR count). The number of aromatic amines is 1. The molecule has 0 aliphatic carbocycles. The molecule has 1 aliphatic rings. The molecule has 2 heterocycles. The Labute approximate surface area is 133 Å². The fourth-order valence-electron chi connectivity index (χ4n) is 4.01. The van der Waals surface area contributed by atoms with Gasteiger partial charge in [-0.1, -0.05) is 45.4 Å². The number of aromatic nitrogens is 1. The molecule has 0 amide bonds. The number of hydrogen-bond acceptors (Lipinski definition) is 2. The molecule has 1 atom stereocenters. The van der Waals surface area contributed by atoms with Crippen LogP contribution < -0.4 is 0 Å². The number of benzene rings is 1. The summed E-state index contributed by atoms with van der Waals surface area (Å²) >= 11 is 0. The van der Waals surface area contributed by atoms with E-state index in [2.05, 4.69) is 72.4 Å². The van der Waals surface area contributed by atoms with Gasteiger partial charge in [-0.2, -0.15) is 0 Å². The Bertz CT molecular complexity index is 655. The van der Waals surface area contributed by atoms with Crippen molar-refractivity contribution in [1.29, 1.82) is 0 Å². The van der Waals surface area contributed by atoms with E-state index < -0.39 is 0 Å². The first-order valence-electron chi connectivity index (χ1n) is 8.50. The summed E-state index contributed by atoms with van der Waals surface area (Å²) in [6, 6.07) is 8.66. The van der Waals surface area contributed by atoms with Crippen LogP contribution in [0.1, 0.15) is 45.6 Å². The largest absolute Gasteiger partial charge is 0.361 e. The van der Waals surface area contributed by atoms with Gasteiger partial charge in [0.2, 0.25) is 0 Å². The molecule has 1 aliphatic heterocycles. The lowest BCUT2D eigenvalue weighted by Crippen LogP contribution is -2.45. The molecule has 3 nitrogen and oxygen atoms in total. The lowest BCUT2D eigenvalue weighted by molar-refractivity contribution is 0.142. The van der Waals surface area contributed by atoms with Crippen molar-refractivity contribution in [3.8, 4) is 0 Å². The minimum absolute atomic E-state index is 0.0581. The Morgan fingerprint density at radius 1 is 1.32 bits per heavy atom. The molecule has 118 valence electrons. The van der Waals surface area contributed by atoms with Crippen LogP contribution in [0.25, 0.3) is 10.9 Å². The molecule has 1 unspecified atom stereocenters. The fraction of sp³-hybridized carbons (Fsp3) is 0.526. The number of nitrogens with one attached hydrogen (secondary N) is 1. The summed E-state index contributed by atoms with van der Waals surface area (Å²) in [5.41, 5.74) is 2.73. The smallest absolute Gasteiger partial charge is 0.0858 e. The van der Waals surface area contributed by atoms with E-state index in [1.54, 1.807) is 0 Å². The van der Waals surface area contributed by atoms with E-state index in [0.29, 0.717) is 5.92 Å². The van der Waals surface area contributed by atoms with Gasteiger partial charge in [0.25, 0.3) is 0 Å². The molecule has 0 saturated carbocycles. The first-order valence-corrected chi connectivity index (χ1v) is 8.50. The van der Waals surface area contributed by atoms with Crippen molar-refractivity contribution >= 4 is 17.2 Å². The zero-order chi connectivity index (χ0) is 15.6. The number of nitrogens with zero attached hydrogens (tertiary/aromatic N) is 2. The summed E-state index contributed by atoms with van der Waals surface area (Å²) < 4.78 is 0. The minimum atomic E-state index is 0.0581. The van der Waals surface area contributed by atoms with Crippen LogP contribution in [0.5, 0.6) is 0 Å². The molecule has 0 spiro atoms. The fourth-order valence-corrected chi connectivity index (χ4v) is 4.01. The van der Waals surface area contributed by atoms with Crippen molar-refractivity contribution < 1.29 is 0 Å². The van der Waals surface area contributed by atoms with Crippen LogP contribution in [-0.2, 0) is 5.54 Å². The van der Waals surface area contributed by atoms with Gasteiger partial charge in [-0.3, -0.25) is 4.99 Å². The third-order valence-corrected chi connectivity index (χ3v) is 4.74. The molecule has 0 radical (unpaired) electrons. The molecule has 1 aromatic carbocycles. The van der Waals surface area contributed by atoms with E-state index >= 15 is 0 Å². The zero-order valence-electron chi connectivity index (χ0n) is 14.0. The van der Waals surface area contributed by atoms with Gasteiger partial charge in [-0.15, -0.1) is 0 Å². The lowest BCUT2D eigenvalue weighted by Gasteiger charge is -2.43.